The second kappa shape index (κ2) is 5.66. The fourth-order valence-corrected chi connectivity index (χ4v) is 3.81. The molecule has 3 heterocycles. The maximum absolute atomic E-state index is 12.8. The zero-order valence-corrected chi connectivity index (χ0v) is 13.6. The summed E-state index contributed by atoms with van der Waals surface area (Å²) in [6, 6.07) is 6.15. The molecular weight excluding hydrogens is 282 g/mol. The first-order valence-corrected chi connectivity index (χ1v) is 8.16. The van der Waals surface area contributed by atoms with E-state index in [-0.39, 0.29) is 5.91 Å². The number of rotatable bonds is 2. The molecule has 1 saturated heterocycles. The van der Waals surface area contributed by atoms with Gasteiger partial charge in [-0.05, 0) is 44.5 Å². The molecule has 0 aliphatic carbocycles. The summed E-state index contributed by atoms with van der Waals surface area (Å²) in [6.07, 6.45) is 0. The molecule has 3 rings (SSSR count). The van der Waals surface area contributed by atoms with Crippen LogP contribution in [-0.4, -0.2) is 53.5 Å². The molecule has 2 aromatic heterocycles. The second-order valence-corrected chi connectivity index (χ2v) is 6.58. The molecule has 0 unspecified atom stereocenters. The fourth-order valence-electron chi connectivity index (χ4n) is 2.81. The number of carbonyl (C=O) groups excluding carboxylic acids is 1. The van der Waals surface area contributed by atoms with Crippen molar-refractivity contribution < 1.29 is 4.79 Å². The van der Waals surface area contributed by atoms with E-state index in [0.717, 1.165) is 36.7 Å². The summed E-state index contributed by atoms with van der Waals surface area (Å²) in [6.45, 7) is 7.69. The maximum atomic E-state index is 12.8. The molecule has 0 aromatic carbocycles. The lowest BCUT2D eigenvalue weighted by Gasteiger charge is -2.32. The van der Waals surface area contributed by atoms with Gasteiger partial charge in [0, 0.05) is 37.6 Å². The van der Waals surface area contributed by atoms with Crippen molar-refractivity contribution in [1.82, 2.24) is 14.4 Å². The van der Waals surface area contributed by atoms with Gasteiger partial charge >= 0.3 is 0 Å². The Morgan fingerprint density at radius 2 is 1.67 bits per heavy atom. The molecule has 0 bridgehead atoms. The smallest absolute Gasteiger partial charge is 0.256 e. The molecule has 5 heteroatoms. The normalized spacial score (nSPS) is 16.4. The summed E-state index contributed by atoms with van der Waals surface area (Å²) in [4.78, 5) is 17.0. The summed E-state index contributed by atoms with van der Waals surface area (Å²) < 4.78 is 2.17. The van der Waals surface area contributed by atoms with Crippen LogP contribution < -0.4 is 0 Å². The van der Waals surface area contributed by atoms with E-state index in [9.17, 15) is 4.79 Å². The van der Waals surface area contributed by atoms with Gasteiger partial charge in [-0.3, -0.25) is 4.79 Å². The van der Waals surface area contributed by atoms with Gasteiger partial charge in [0.25, 0.3) is 5.91 Å². The Kier molecular flexibility index (Phi) is 3.87. The highest BCUT2D eigenvalue weighted by Gasteiger charge is 2.24. The van der Waals surface area contributed by atoms with E-state index in [4.69, 9.17) is 0 Å². The molecule has 112 valence electrons. The molecule has 4 nitrogen and oxygen atoms in total. The summed E-state index contributed by atoms with van der Waals surface area (Å²) in [5.74, 6) is 0.159. The third-order valence-corrected chi connectivity index (χ3v) is 5.04. The highest BCUT2D eigenvalue weighted by molar-refractivity contribution is 7.13. The van der Waals surface area contributed by atoms with Crippen molar-refractivity contribution in [3.63, 3.8) is 0 Å². The Morgan fingerprint density at radius 1 is 1.05 bits per heavy atom. The van der Waals surface area contributed by atoms with Gasteiger partial charge in [0.05, 0.1) is 5.56 Å². The van der Waals surface area contributed by atoms with Crippen molar-refractivity contribution in [2.24, 2.45) is 0 Å². The number of aromatic nitrogens is 1. The Labute approximate surface area is 129 Å². The Hall–Kier alpha value is -1.59. The average Bonchev–Trinajstić information content (AvgIpc) is 3.06. The monoisotopic (exact) mass is 303 g/mol. The molecule has 0 saturated carbocycles. The fraction of sp³-hybridized carbons (Fsp3) is 0.438. The minimum Gasteiger partial charge on any atom is -0.336 e. The predicted octanol–water partition coefficient (Wildman–Crippen LogP) is 2.54. The number of amides is 1. The summed E-state index contributed by atoms with van der Waals surface area (Å²) in [7, 11) is 2.10. The first-order chi connectivity index (χ1) is 10.1. The minimum absolute atomic E-state index is 0.159. The lowest BCUT2D eigenvalue weighted by Crippen LogP contribution is -2.47. The van der Waals surface area contributed by atoms with Crippen molar-refractivity contribution in [3.8, 4) is 5.00 Å². The van der Waals surface area contributed by atoms with Crippen molar-refractivity contribution in [1.29, 1.82) is 0 Å². The van der Waals surface area contributed by atoms with Crippen molar-refractivity contribution >= 4 is 17.2 Å². The van der Waals surface area contributed by atoms with Crippen molar-refractivity contribution in [2.75, 3.05) is 33.2 Å². The molecule has 0 radical (unpaired) electrons. The zero-order chi connectivity index (χ0) is 15.0. The second-order valence-electron chi connectivity index (χ2n) is 5.69. The van der Waals surface area contributed by atoms with Crippen LogP contribution in [0.2, 0.25) is 0 Å². The van der Waals surface area contributed by atoms with E-state index < -0.39 is 0 Å². The number of nitrogens with zero attached hydrogens (tertiary/aromatic N) is 3. The molecule has 0 N–H and O–H groups in total. The van der Waals surface area contributed by atoms with Gasteiger partial charge in [0.2, 0.25) is 0 Å². The number of piperazine rings is 1. The Morgan fingerprint density at radius 3 is 2.29 bits per heavy atom. The van der Waals surface area contributed by atoms with Gasteiger partial charge in [-0.1, -0.05) is 0 Å². The molecule has 1 amide bonds. The van der Waals surface area contributed by atoms with Crippen LogP contribution in [0, 0.1) is 13.8 Å². The molecule has 0 spiro atoms. The molecule has 21 heavy (non-hydrogen) atoms. The molecule has 2 aromatic rings. The number of hydrogen-bond donors (Lipinski definition) is 0. The maximum Gasteiger partial charge on any atom is 0.256 e. The first kappa shape index (κ1) is 14.4. The number of likely N-dealkylation sites (N-methyl/N-ethyl adjacent to an activating group) is 1. The lowest BCUT2D eigenvalue weighted by atomic mass is 10.2. The van der Waals surface area contributed by atoms with Crippen molar-refractivity contribution in [2.45, 2.75) is 13.8 Å². The summed E-state index contributed by atoms with van der Waals surface area (Å²) >= 11 is 1.63. The summed E-state index contributed by atoms with van der Waals surface area (Å²) in [5.41, 5.74) is 3.16. The Bertz CT molecular complexity index is 631. The van der Waals surface area contributed by atoms with Crippen LogP contribution in [0.4, 0.5) is 0 Å². The largest absolute Gasteiger partial charge is 0.336 e. The van der Waals surface area contributed by atoms with Crippen LogP contribution in [0.5, 0.6) is 0 Å². The van der Waals surface area contributed by atoms with Gasteiger partial charge in [-0.2, -0.15) is 0 Å². The van der Waals surface area contributed by atoms with E-state index in [1.807, 2.05) is 16.3 Å². The van der Waals surface area contributed by atoms with Gasteiger partial charge in [-0.25, -0.2) is 0 Å². The molecular formula is C16H21N3OS. The van der Waals surface area contributed by atoms with E-state index in [1.54, 1.807) is 11.3 Å². The number of hydrogen-bond acceptors (Lipinski definition) is 3. The van der Waals surface area contributed by atoms with E-state index in [0.29, 0.717) is 0 Å². The standard InChI is InChI=1S/C16H21N3OS/c1-12-4-5-13(2)19(12)16-14(6-11-21-16)15(20)18-9-7-17(3)8-10-18/h4-6,11H,7-10H2,1-3H3. The molecule has 1 aliphatic heterocycles. The van der Waals surface area contributed by atoms with Gasteiger partial charge in [0.1, 0.15) is 5.00 Å². The lowest BCUT2D eigenvalue weighted by molar-refractivity contribution is 0.0664. The quantitative estimate of drug-likeness (QED) is 0.853. The number of carbonyl (C=O) groups is 1. The third kappa shape index (κ3) is 2.63. The Balaban J connectivity index is 1.91. The van der Waals surface area contributed by atoms with Crippen LogP contribution in [0.15, 0.2) is 23.6 Å². The molecule has 1 aliphatic rings. The first-order valence-electron chi connectivity index (χ1n) is 7.28. The van der Waals surface area contributed by atoms with Gasteiger partial charge < -0.3 is 14.4 Å². The SMILES string of the molecule is Cc1ccc(C)n1-c1sccc1C(=O)N1CCN(C)CC1. The van der Waals surface area contributed by atoms with Crippen LogP contribution in [0.3, 0.4) is 0 Å². The predicted molar refractivity (Wildman–Crippen MR) is 86.5 cm³/mol. The van der Waals surface area contributed by atoms with Crippen LogP contribution >= 0.6 is 11.3 Å². The molecule has 1 fully saturated rings. The zero-order valence-electron chi connectivity index (χ0n) is 12.8. The van der Waals surface area contributed by atoms with E-state index >= 15 is 0 Å². The minimum atomic E-state index is 0.159. The van der Waals surface area contributed by atoms with Gasteiger partial charge in [-0.15, -0.1) is 11.3 Å². The van der Waals surface area contributed by atoms with Gasteiger partial charge in [0.15, 0.2) is 0 Å². The topological polar surface area (TPSA) is 28.5 Å². The third-order valence-electron chi connectivity index (χ3n) is 4.14. The van der Waals surface area contributed by atoms with E-state index in [2.05, 4.69) is 42.5 Å². The van der Waals surface area contributed by atoms with Crippen LogP contribution in [-0.2, 0) is 0 Å². The highest BCUT2D eigenvalue weighted by Crippen LogP contribution is 2.27. The highest BCUT2D eigenvalue weighted by atomic mass is 32.1. The number of thiophene rings is 1. The van der Waals surface area contributed by atoms with E-state index in [1.165, 1.54) is 11.4 Å². The van der Waals surface area contributed by atoms with Crippen LogP contribution in [0.1, 0.15) is 21.7 Å². The van der Waals surface area contributed by atoms with Crippen LogP contribution in [0.25, 0.3) is 5.00 Å². The average molecular weight is 303 g/mol. The van der Waals surface area contributed by atoms with Crippen molar-refractivity contribution in [3.05, 3.63) is 40.5 Å². The molecule has 0 atom stereocenters. The number of aryl methyl sites for hydroxylation is 2. The summed E-state index contributed by atoms with van der Waals surface area (Å²) in [5, 5.41) is 3.05.